The molecule has 0 aromatic rings. The molecule has 4 heteroatoms. The van der Waals surface area contributed by atoms with E-state index in [1.54, 1.807) is 0 Å². The first-order chi connectivity index (χ1) is 5.62. The third-order valence-electron chi connectivity index (χ3n) is 2.12. The lowest BCUT2D eigenvalue weighted by molar-refractivity contribution is 0.317. The van der Waals surface area contributed by atoms with Crippen molar-refractivity contribution in [3.05, 3.63) is 0 Å². The quantitative estimate of drug-likeness (QED) is 0.759. The van der Waals surface area contributed by atoms with Gasteiger partial charge in [-0.1, -0.05) is 20.8 Å². The van der Waals surface area contributed by atoms with Crippen LogP contribution in [0.15, 0.2) is 0 Å². The molecule has 1 saturated carbocycles. The van der Waals surface area contributed by atoms with Crippen LogP contribution in [0.1, 0.15) is 40.0 Å². The average Bonchev–Trinajstić information content (AvgIpc) is 2.36. The second kappa shape index (κ2) is 2.95. The zero-order valence-electron chi connectivity index (χ0n) is 8.85. The summed E-state index contributed by atoms with van der Waals surface area (Å²) < 4.78 is 24.9. The lowest BCUT2D eigenvalue weighted by atomic mass is 9.87. The van der Waals surface area contributed by atoms with E-state index in [4.69, 9.17) is 0 Å². The van der Waals surface area contributed by atoms with Gasteiger partial charge in [0.05, 0.1) is 6.26 Å². The Balaban J connectivity index is 2.59. The van der Waals surface area contributed by atoms with Crippen molar-refractivity contribution >= 4 is 10.0 Å². The topological polar surface area (TPSA) is 46.2 Å². The summed E-state index contributed by atoms with van der Waals surface area (Å²) in [6.45, 7) is 6.41. The van der Waals surface area contributed by atoms with Gasteiger partial charge in [-0.15, -0.1) is 0 Å². The van der Waals surface area contributed by atoms with E-state index in [-0.39, 0.29) is 11.0 Å². The van der Waals surface area contributed by atoms with Gasteiger partial charge < -0.3 is 0 Å². The maximum absolute atomic E-state index is 11.1. The van der Waals surface area contributed by atoms with Crippen LogP contribution in [0, 0.1) is 5.41 Å². The Labute approximate surface area is 81.0 Å². The minimum atomic E-state index is -3.04. The normalized spacial score (nSPS) is 21.5. The number of hydrogen-bond acceptors (Lipinski definition) is 2. The van der Waals surface area contributed by atoms with Gasteiger partial charge in [0.1, 0.15) is 0 Å². The number of hydrogen-bond donors (Lipinski definition) is 1. The Bertz CT molecular complexity index is 283. The van der Waals surface area contributed by atoms with Gasteiger partial charge in [0, 0.05) is 5.54 Å². The smallest absolute Gasteiger partial charge is 0.209 e. The minimum absolute atomic E-state index is 0.119. The first-order valence-corrected chi connectivity index (χ1v) is 6.50. The van der Waals surface area contributed by atoms with Crippen molar-refractivity contribution in [2.45, 2.75) is 45.6 Å². The van der Waals surface area contributed by atoms with E-state index in [1.165, 1.54) is 6.26 Å². The highest BCUT2D eigenvalue weighted by atomic mass is 32.2. The SMILES string of the molecule is CC(C)(C)CC1(NS(C)(=O)=O)CC1. The van der Waals surface area contributed by atoms with E-state index in [1.807, 2.05) is 0 Å². The largest absolute Gasteiger partial charge is 0.213 e. The molecule has 0 unspecified atom stereocenters. The van der Waals surface area contributed by atoms with Crippen molar-refractivity contribution < 1.29 is 8.42 Å². The van der Waals surface area contributed by atoms with Crippen LogP contribution in [0.2, 0.25) is 0 Å². The van der Waals surface area contributed by atoms with E-state index in [2.05, 4.69) is 25.5 Å². The second-order valence-electron chi connectivity index (χ2n) is 5.39. The molecule has 78 valence electrons. The van der Waals surface area contributed by atoms with Gasteiger partial charge in [-0.3, -0.25) is 0 Å². The van der Waals surface area contributed by atoms with Gasteiger partial charge in [-0.05, 0) is 24.7 Å². The molecule has 0 aliphatic heterocycles. The molecule has 1 N–H and O–H groups in total. The summed E-state index contributed by atoms with van der Waals surface area (Å²) in [6, 6.07) is 0. The minimum Gasteiger partial charge on any atom is -0.213 e. The fraction of sp³-hybridized carbons (Fsp3) is 1.00. The Hall–Kier alpha value is -0.0900. The second-order valence-corrected chi connectivity index (χ2v) is 7.14. The maximum Gasteiger partial charge on any atom is 0.209 e. The fourth-order valence-corrected chi connectivity index (χ4v) is 2.94. The van der Waals surface area contributed by atoms with Crippen LogP contribution in [0.5, 0.6) is 0 Å². The molecule has 0 atom stereocenters. The monoisotopic (exact) mass is 205 g/mol. The Morgan fingerprint density at radius 1 is 1.31 bits per heavy atom. The average molecular weight is 205 g/mol. The molecule has 0 spiro atoms. The van der Waals surface area contributed by atoms with Crippen LogP contribution in [0.3, 0.4) is 0 Å². The van der Waals surface area contributed by atoms with E-state index in [0.29, 0.717) is 0 Å². The Morgan fingerprint density at radius 3 is 2.00 bits per heavy atom. The van der Waals surface area contributed by atoms with Crippen LogP contribution in [0.4, 0.5) is 0 Å². The van der Waals surface area contributed by atoms with E-state index < -0.39 is 10.0 Å². The molecule has 0 aromatic carbocycles. The van der Waals surface area contributed by atoms with Crippen LogP contribution < -0.4 is 4.72 Å². The van der Waals surface area contributed by atoms with E-state index >= 15 is 0 Å². The Morgan fingerprint density at radius 2 is 1.77 bits per heavy atom. The molecule has 13 heavy (non-hydrogen) atoms. The standard InChI is InChI=1S/C9H19NO2S/c1-8(2,3)7-9(5-6-9)10-13(4,11)12/h10H,5-7H2,1-4H3. The molecule has 0 radical (unpaired) electrons. The summed E-state index contributed by atoms with van der Waals surface area (Å²) in [5.74, 6) is 0. The zero-order chi connectivity index (χ0) is 10.3. The van der Waals surface area contributed by atoms with Gasteiger partial charge in [-0.2, -0.15) is 0 Å². The highest BCUT2D eigenvalue weighted by Crippen LogP contribution is 2.44. The third-order valence-corrected chi connectivity index (χ3v) is 2.93. The zero-order valence-corrected chi connectivity index (χ0v) is 9.66. The highest BCUT2D eigenvalue weighted by molar-refractivity contribution is 7.88. The summed E-state index contributed by atoms with van der Waals surface area (Å²) >= 11 is 0. The third kappa shape index (κ3) is 4.09. The molecular formula is C9H19NO2S. The van der Waals surface area contributed by atoms with Crippen molar-refractivity contribution in [2.24, 2.45) is 5.41 Å². The summed E-state index contributed by atoms with van der Waals surface area (Å²) in [4.78, 5) is 0. The first-order valence-electron chi connectivity index (χ1n) is 4.61. The summed E-state index contributed by atoms with van der Waals surface area (Å²) in [7, 11) is -3.04. The molecule has 3 nitrogen and oxygen atoms in total. The molecule has 1 rings (SSSR count). The molecule has 1 fully saturated rings. The van der Waals surface area contributed by atoms with Gasteiger partial charge >= 0.3 is 0 Å². The molecule has 0 bridgehead atoms. The highest BCUT2D eigenvalue weighted by Gasteiger charge is 2.46. The molecule has 0 saturated heterocycles. The van der Waals surface area contributed by atoms with E-state index in [9.17, 15) is 8.42 Å². The molecule has 1 aliphatic rings. The van der Waals surface area contributed by atoms with E-state index in [0.717, 1.165) is 19.3 Å². The predicted molar refractivity (Wildman–Crippen MR) is 54.0 cm³/mol. The lowest BCUT2D eigenvalue weighted by Crippen LogP contribution is -2.38. The van der Waals surface area contributed by atoms with Crippen molar-refractivity contribution in [3.8, 4) is 0 Å². The van der Waals surface area contributed by atoms with Crippen LogP contribution in [-0.2, 0) is 10.0 Å². The van der Waals surface area contributed by atoms with Crippen molar-refractivity contribution in [1.82, 2.24) is 4.72 Å². The summed E-state index contributed by atoms with van der Waals surface area (Å²) in [5.41, 5.74) is 0.0695. The van der Waals surface area contributed by atoms with Gasteiger partial charge in [0.2, 0.25) is 10.0 Å². The molecule has 0 amide bonds. The summed E-state index contributed by atoms with van der Waals surface area (Å²) in [6.07, 6.45) is 4.12. The molecule has 0 aromatic heterocycles. The maximum atomic E-state index is 11.1. The number of rotatable bonds is 3. The summed E-state index contributed by atoms with van der Waals surface area (Å²) in [5, 5.41) is 0. The van der Waals surface area contributed by atoms with Crippen LogP contribution in [-0.4, -0.2) is 20.2 Å². The molecule has 0 heterocycles. The van der Waals surface area contributed by atoms with Gasteiger partial charge in [-0.25, -0.2) is 13.1 Å². The van der Waals surface area contributed by atoms with Gasteiger partial charge in [0.15, 0.2) is 0 Å². The fourth-order valence-electron chi connectivity index (χ4n) is 1.87. The predicted octanol–water partition coefficient (Wildman–Crippen LogP) is 1.50. The van der Waals surface area contributed by atoms with Crippen LogP contribution in [0.25, 0.3) is 0 Å². The van der Waals surface area contributed by atoms with Gasteiger partial charge in [0.25, 0.3) is 0 Å². The molecular weight excluding hydrogens is 186 g/mol. The molecule has 1 aliphatic carbocycles. The number of nitrogens with one attached hydrogen (secondary N) is 1. The lowest BCUT2D eigenvalue weighted by Gasteiger charge is -2.25. The number of sulfonamides is 1. The van der Waals surface area contributed by atoms with Crippen molar-refractivity contribution in [2.75, 3.05) is 6.26 Å². The Kier molecular flexibility index (Phi) is 2.50. The van der Waals surface area contributed by atoms with Crippen molar-refractivity contribution in [3.63, 3.8) is 0 Å². The van der Waals surface area contributed by atoms with Crippen molar-refractivity contribution in [1.29, 1.82) is 0 Å². The first kappa shape index (κ1) is 11.0. The van der Waals surface area contributed by atoms with Crippen LogP contribution >= 0.6 is 0 Å².